The number of rotatable bonds is 7. The molecule has 1 unspecified atom stereocenters. The Labute approximate surface area is 163 Å². The van der Waals surface area contributed by atoms with Crippen molar-refractivity contribution in [2.24, 2.45) is 11.8 Å². The van der Waals surface area contributed by atoms with Crippen LogP contribution >= 0.6 is 0 Å². The van der Waals surface area contributed by atoms with Crippen LogP contribution in [0.5, 0.6) is 11.5 Å². The lowest BCUT2D eigenvalue weighted by atomic mass is 9.71. The average molecular weight is 375 g/mol. The molecule has 2 N–H and O–H groups in total. The van der Waals surface area contributed by atoms with Gasteiger partial charge in [0.2, 0.25) is 0 Å². The van der Waals surface area contributed by atoms with E-state index in [0.717, 1.165) is 32.1 Å². The number of esters is 1. The number of unbranched alkanes of at least 4 members (excludes halogenated alkanes) is 2. The zero-order valence-electron chi connectivity index (χ0n) is 17.3. The second-order valence-electron chi connectivity index (χ2n) is 8.13. The number of ether oxygens (including phenoxy) is 1. The minimum atomic E-state index is -0.544. The normalized spacial score (nSPS) is 19.9. The van der Waals surface area contributed by atoms with E-state index in [4.69, 9.17) is 4.74 Å². The van der Waals surface area contributed by atoms with E-state index in [0.29, 0.717) is 29.4 Å². The first-order valence-electron chi connectivity index (χ1n) is 10.1. The van der Waals surface area contributed by atoms with E-state index in [2.05, 4.69) is 33.8 Å². The molecule has 27 heavy (non-hydrogen) atoms. The Balaban J connectivity index is 2.59. The van der Waals surface area contributed by atoms with Gasteiger partial charge >= 0.3 is 5.97 Å². The number of carbonyl (C=O) groups excluding carboxylic acids is 1. The van der Waals surface area contributed by atoms with Crippen LogP contribution < -0.4 is 0 Å². The van der Waals surface area contributed by atoms with E-state index in [1.54, 1.807) is 6.07 Å². The third-order valence-electron chi connectivity index (χ3n) is 5.83. The number of aromatic hydroxyl groups is 2. The first kappa shape index (κ1) is 21.3. The maximum absolute atomic E-state index is 12.4. The molecule has 0 aliphatic heterocycles. The first-order valence-corrected chi connectivity index (χ1v) is 10.1. The Morgan fingerprint density at radius 3 is 2.59 bits per heavy atom. The summed E-state index contributed by atoms with van der Waals surface area (Å²) in [6, 6.07) is 1.66. The summed E-state index contributed by atoms with van der Waals surface area (Å²) >= 11 is 0. The van der Waals surface area contributed by atoms with Gasteiger partial charge in [-0.1, -0.05) is 45.3 Å². The van der Waals surface area contributed by atoms with Crippen LogP contribution in [0.3, 0.4) is 0 Å². The van der Waals surface area contributed by atoms with Gasteiger partial charge < -0.3 is 14.9 Å². The summed E-state index contributed by atoms with van der Waals surface area (Å²) in [5, 5.41) is 21.9. The number of phenols is 2. The number of carbonyl (C=O) groups is 1. The molecule has 0 radical (unpaired) electrons. The van der Waals surface area contributed by atoms with E-state index in [-0.39, 0.29) is 23.0 Å². The van der Waals surface area contributed by atoms with Crippen molar-refractivity contribution >= 4 is 5.97 Å². The molecule has 2 atom stereocenters. The smallest absolute Gasteiger partial charge is 0.341 e. The van der Waals surface area contributed by atoms with E-state index in [1.807, 2.05) is 0 Å². The van der Waals surface area contributed by atoms with Gasteiger partial charge in [-0.05, 0) is 56.1 Å². The van der Waals surface area contributed by atoms with Crippen LogP contribution in [0.4, 0.5) is 0 Å². The molecule has 0 bridgehead atoms. The van der Waals surface area contributed by atoms with E-state index >= 15 is 0 Å². The summed E-state index contributed by atoms with van der Waals surface area (Å²) < 4.78 is 4.95. The molecule has 1 aliphatic carbocycles. The lowest BCUT2D eigenvalue weighted by molar-refractivity contribution is 0.0595. The van der Waals surface area contributed by atoms with Crippen molar-refractivity contribution in [1.29, 1.82) is 0 Å². The summed E-state index contributed by atoms with van der Waals surface area (Å²) in [5.74, 6) is 0.0267. The molecular weight excluding hydrogens is 340 g/mol. The van der Waals surface area contributed by atoms with Gasteiger partial charge in [0.25, 0.3) is 0 Å². The average Bonchev–Trinajstić information content (AvgIpc) is 2.61. The van der Waals surface area contributed by atoms with Crippen LogP contribution in [0.15, 0.2) is 17.7 Å². The zero-order valence-corrected chi connectivity index (χ0v) is 17.3. The molecule has 150 valence electrons. The minimum absolute atomic E-state index is 0.0771. The Bertz CT molecular complexity index is 703. The second kappa shape index (κ2) is 9.29. The Morgan fingerprint density at radius 1 is 1.30 bits per heavy atom. The highest BCUT2D eigenvalue weighted by molar-refractivity contribution is 5.95. The van der Waals surface area contributed by atoms with Crippen molar-refractivity contribution in [3.63, 3.8) is 0 Å². The predicted octanol–water partition coefficient (Wildman–Crippen LogP) is 5.71. The van der Waals surface area contributed by atoms with Gasteiger partial charge in [-0.15, -0.1) is 0 Å². The summed E-state index contributed by atoms with van der Waals surface area (Å²) in [7, 11) is 1.33. The third-order valence-corrected chi connectivity index (χ3v) is 5.83. The zero-order chi connectivity index (χ0) is 20.1. The largest absolute Gasteiger partial charge is 0.507 e. The molecular formula is C23H34O4. The highest BCUT2D eigenvalue weighted by Gasteiger charge is 2.34. The molecule has 0 spiro atoms. The molecule has 0 fully saturated rings. The fourth-order valence-corrected chi connectivity index (χ4v) is 4.28. The first-order chi connectivity index (χ1) is 12.8. The highest BCUT2D eigenvalue weighted by Crippen LogP contribution is 2.48. The molecule has 1 aromatic carbocycles. The monoisotopic (exact) mass is 374 g/mol. The number of allylic oxidation sites excluding steroid dienone is 2. The van der Waals surface area contributed by atoms with E-state index < -0.39 is 5.97 Å². The van der Waals surface area contributed by atoms with Crippen molar-refractivity contribution in [3.8, 4) is 11.5 Å². The molecule has 1 aromatic rings. The third kappa shape index (κ3) is 4.66. The van der Waals surface area contributed by atoms with Crippen LogP contribution in [0.2, 0.25) is 0 Å². The lowest BCUT2D eigenvalue weighted by Crippen LogP contribution is -2.22. The van der Waals surface area contributed by atoms with E-state index in [1.165, 1.54) is 12.7 Å². The van der Waals surface area contributed by atoms with Crippen molar-refractivity contribution < 1.29 is 19.7 Å². The molecule has 0 aromatic heterocycles. The van der Waals surface area contributed by atoms with Crippen LogP contribution in [-0.2, 0) is 11.2 Å². The number of benzene rings is 1. The number of hydrogen-bond acceptors (Lipinski definition) is 4. The number of phenolic OH excluding ortho intramolecular Hbond substituents is 2. The predicted molar refractivity (Wildman–Crippen MR) is 108 cm³/mol. The molecule has 0 heterocycles. The van der Waals surface area contributed by atoms with Gasteiger partial charge in [0.05, 0.1) is 7.11 Å². The fraction of sp³-hybridized carbons (Fsp3) is 0.609. The molecule has 4 heteroatoms. The standard InChI is InChI=1S/C23H34O4/c1-6-7-8-9-16-13-19(24)21(22(25)20(16)23(26)27-5)18-12-15(4)10-11-17(18)14(2)3/h12-14,17-18,24-25H,6-11H2,1-5H3/t17-,18?/m0/s1. The lowest BCUT2D eigenvalue weighted by Gasteiger charge is -2.34. The number of methoxy groups -OCH3 is 1. The van der Waals surface area contributed by atoms with Crippen LogP contribution in [0.1, 0.15) is 87.2 Å². The van der Waals surface area contributed by atoms with Gasteiger partial charge in [0, 0.05) is 11.5 Å². The van der Waals surface area contributed by atoms with Gasteiger partial charge in [0.1, 0.15) is 17.1 Å². The van der Waals surface area contributed by atoms with Gasteiger partial charge in [-0.2, -0.15) is 0 Å². The summed E-state index contributed by atoms with van der Waals surface area (Å²) in [5.41, 5.74) is 2.59. The maximum atomic E-state index is 12.4. The Hall–Kier alpha value is -1.97. The summed E-state index contributed by atoms with van der Waals surface area (Å²) in [6.07, 6.45) is 7.80. The van der Waals surface area contributed by atoms with Crippen molar-refractivity contribution in [1.82, 2.24) is 0 Å². The molecule has 1 aliphatic rings. The summed E-state index contributed by atoms with van der Waals surface area (Å²) in [6.45, 7) is 8.53. The Kier molecular flexibility index (Phi) is 7.34. The van der Waals surface area contributed by atoms with Gasteiger partial charge in [0.15, 0.2) is 0 Å². The summed E-state index contributed by atoms with van der Waals surface area (Å²) in [4.78, 5) is 12.4. The van der Waals surface area contributed by atoms with Crippen LogP contribution in [0.25, 0.3) is 0 Å². The molecule has 0 saturated heterocycles. The van der Waals surface area contributed by atoms with Crippen LogP contribution in [-0.4, -0.2) is 23.3 Å². The Morgan fingerprint density at radius 2 is 2.00 bits per heavy atom. The molecule has 0 saturated carbocycles. The quantitative estimate of drug-likeness (QED) is 0.364. The maximum Gasteiger partial charge on any atom is 0.341 e. The second-order valence-corrected chi connectivity index (χ2v) is 8.13. The van der Waals surface area contributed by atoms with Gasteiger partial charge in [-0.25, -0.2) is 4.79 Å². The fourth-order valence-electron chi connectivity index (χ4n) is 4.28. The molecule has 0 amide bonds. The molecule has 4 nitrogen and oxygen atoms in total. The number of aryl methyl sites for hydroxylation is 1. The topological polar surface area (TPSA) is 66.8 Å². The molecule has 2 rings (SSSR count). The SMILES string of the molecule is CCCCCc1cc(O)c(C2C=C(C)CC[C@H]2C(C)C)c(O)c1C(=O)OC. The van der Waals surface area contributed by atoms with E-state index in [9.17, 15) is 15.0 Å². The minimum Gasteiger partial charge on any atom is -0.507 e. The highest BCUT2D eigenvalue weighted by atomic mass is 16.5. The van der Waals surface area contributed by atoms with Gasteiger partial charge in [-0.3, -0.25) is 0 Å². The van der Waals surface area contributed by atoms with Crippen molar-refractivity contribution in [2.45, 2.75) is 72.1 Å². The van der Waals surface area contributed by atoms with Crippen molar-refractivity contribution in [2.75, 3.05) is 7.11 Å². The van der Waals surface area contributed by atoms with Crippen LogP contribution in [0, 0.1) is 11.8 Å². The number of hydrogen-bond donors (Lipinski definition) is 2. The van der Waals surface area contributed by atoms with Crippen molar-refractivity contribution in [3.05, 3.63) is 34.4 Å².